The molecule has 0 bridgehead atoms. The van der Waals surface area contributed by atoms with Gasteiger partial charge in [-0.25, -0.2) is 0 Å². The molecule has 2 N–H and O–H groups in total. The number of ether oxygens (including phenoxy) is 2. The highest BCUT2D eigenvalue weighted by atomic mass is 16.5. The van der Waals surface area contributed by atoms with Crippen LogP contribution in [0.2, 0.25) is 0 Å². The van der Waals surface area contributed by atoms with Gasteiger partial charge in [0.05, 0.1) is 13.2 Å². The van der Waals surface area contributed by atoms with Crippen molar-refractivity contribution in [3.8, 4) is 11.5 Å². The van der Waals surface area contributed by atoms with Crippen LogP contribution in [0.3, 0.4) is 0 Å². The van der Waals surface area contributed by atoms with E-state index in [1.807, 2.05) is 24.3 Å². The Bertz CT molecular complexity index is 541. The maximum atomic E-state index is 5.68. The Morgan fingerprint density at radius 2 is 1.00 bits per heavy atom. The van der Waals surface area contributed by atoms with Gasteiger partial charge in [-0.15, -0.1) is 0 Å². The summed E-state index contributed by atoms with van der Waals surface area (Å²) < 4.78 is 11.4. The highest BCUT2D eigenvalue weighted by Crippen LogP contribution is 2.13. The van der Waals surface area contributed by atoms with Gasteiger partial charge in [0, 0.05) is 13.1 Å². The van der Waals surface area contributed by atoms with E-state index in [9.17, 15) is 0 Å². The van der Waals surface area contributed by atoms with Crippen LogP contribution in [0.25, 0.3) is 0 Å². The molecular formula is C22H32N2O2. The molecule has 0 saturated heterocycles. The smallest absolute Gasteiger partial charge is 0.119 e. The number of nitrogens with one attached hydrogen (secondary N) is 2. The van der Waals surface area contributed by atoms with Crippen molar-refractivity contribution in [2.24, 2.45) is 0 Å². The lowest BCUT2D eigenvalue weighted by Gasteiger charge is -2.10. The molecular weight excluding hydrogens is 324 g/mol. The second-order valence-corrected chi connectivity index (χ2v) is 6.40. The highest BCUT2D eigenvalue weighted by Gasteiger charge is 1.98. The van der Waals surface area contributed by atoms with E-state index in [4.69, 9.17) is 9.47 Å². The zero-order chi connectivity index (χ0) is 18.5. The molecule has 0 atom stereocenters. The van der Waals surface area contributed by atoms with Crippen LogP contribution in [0.4, 0.5) is 0 Å². The van der Waals surface area contributed by atoms with E-state index < -0.39 is 0 Å². The Labute approximate surface area is 157 Å². The SMILES string of the molecule is CCCCOc1ccc(CNNCc2ccc(OCCCC)cc2)cc1. The van der Waals surface area contributed by atoms with Crippen molar-refractivity contribution in [1.82, 2.24) is 10.9 Å². The highest BCUT2D eigenvalue weighted by molar-refractivity contribution is 5.28. The van der Waals surface area contributed by atoms with E-state index in [2.05, 4.69) is 49.0 Å². The number of hydrogen-bond donors (Lipinski definition) is 2. The van der Waals surface area contributed by atoms with E-state index in [-0.39, 0.29) is 0 Å². The third-order valence-corrected chi connectivity index (χ3v) is 4.09. The summed E-state index contributed by atoms with van der Waals surface area (Å²) in [6.45, 7) is 7.46. The fourth-order valence-corrected chi connectivity index (χ4v) is 2.40. The van der Waals surface area contributed by atoms with Gasteiger partial charge in [-0.2, -0.15) is 0 Å². The number of rotatable bonds is 13. The second kappa shape index (κ2) is 12.3. The Kier molecular flexibility index (Phi) is 9.62. The third-order valence-electron chi connectivity index (χ3n) is 4.09. The molecule has 0 aliphatic heterocycles. The molecule has 26 heavy (non-hydrogen) atoms. The zero-order valence-corrected chi connectivity index (χ0v) is 16.1. The van der Waals surface area contributed by atoms with Gasteiger partial charge in [-0.05, 0) is 48.2 Å². The molecule has 0 saturated carbocycles. The molecule has 0 fully saturated rings. The molecule has 0 aliphatic carbocycles. The van der Waals surface area contributed by atoms with Crippen molar-refractivity contribution >= 4 is 0 Å². The largest absolute Gasteiger partial charge is 0.494 e. The van der Waals surface area contributed by atoms with Crippen LogP contribution in [-0.4, -0.2) is 13.2 Å². The Morgan fingerprint density at radius 1 is 0.615 bits per heavy atom. The van der Waals surface area contributed by atoms with Crippen molar-refractivity contribution < 1.29 is 9.47 Å². The van der Waals surface area contributed by atoms with Crippen molar-refractivity contribution in [1.29, 1.82) is 0 Å². The summed E-state index contributed by atoms with van der Waals surface area (Å²) in [5.74, 6) is 1.88. The minimum atomic E-state index is 0.771. The quantitative estimate of drug-likeness (QED) is 0.398. The van der Waals surface area contributed by atoms with Crippen LogP contribution in [-0.2, 0) is 13.1 Å². The number of hydrazine groups is 1. The summed E-state index contributed by atoms with van der Waals surface area (Å²) in [5.41, 5.74) is 8.96. The minimum Gasteiger partial charge on any atom is -0.494 e. The summed E-state index contributed by atoms with van der Waals surface area (Å²) in [6.07, 6.45) is 4.50. The van der Waals surface area contributed by atoms with Crippen LogP contribution in [0, 0.1) is 0 Å². The van der Waals surface area contributed by atoms with Crippen molar-refractivity contribution in [3.05, 3.63) is 59.7 Å². The summed E-state index contributed by atoms with van der Waals surface area (Å²) in [6, 6.07) is 16.5. The first-order chi connectivity index (χ1) is 12.8. The Morgan fingerprint density at radius 3 is 1.35 bits per heavy atom. The molecule has 0 radical (unpaired) electrons. The topological polar surface area (TPSA) is 42.5 Å². The minimum absolute atomic E-state index is 0.771. The van der Waals surface area contributed by atoms with Gasteiger partial charge in [-0.3, -0.25) is 10.9 Å². The zero-order valence-electron chi connectivity index (χ0n) is 16.1. The molecule has 2 rings (SSSR count). The van der Waals surface area contributed by atoms with Gasteiger partial charge < -0.3 is 9.47 Å². The lowest BCUT2D eigenvalue weighted by atomic mass is 10.2. The lowest BCUT2D eigenvalue weighted by Crippen LogP contribution is -2.30. The second-order valence-electron chi connectivity index (χ2n) is 6.40. The number of benzene rings is 2. The number of hydrogen-bond acceptors (Lipinski definition) is 4. The monoisotopic (exact) mass is 356 g/mol. The third kappa shape index (κ3) is 7.89. The molecule has 142 valence electrons. The van der Waals surface area contributed by atoms with Gasteiger partial charge in [0.25, 0.3) is 0 Å². The van der Waals surface area contributed by atoms with Crippen LogP contribution >= 0.6 is 0 Å². The maximum Gasteiger partial charge on any atom is 0.119 e. The van der Waals surface area contributed by atoms with Crippen LogP contribution in [0.5, 0.6) is 11.5 Å². The predicted molar refractivity (Wildman–Crippen MR) is 107 cm³/mol. The van der Waals surface area contributed by atoms with Crippen LogP contribution in [0.1, 0.15) is 50.7 Å². The van der Waals surface area contributed by atoms with E-state index >= 15 is 0 Å². The van der Waals surface area contributed by atoms with Gasteiger partial charge in [0.2, 0.25) is 0 Å². The summed E-state index contributed by atoms with van der Waals surface area (Å²) in [5, 5.41) is 0. The molecule has 0 unspecified atom stereocenters. The van der Waals surface area contributed by atoms with Crippen molar-refractivity contribution in [2.45, 2.75) is 52.6 Å². The fourth-order valence-electron chi connectivity index (χ4n) is 2.40. The standard InChI is InChI=1S/C22H32N2O2/c1-3-5-15-25-21-11-7-19(8-12-21)17-23-24-18-20-9-13-22(14-10-20)26-16-6-4-2/h7-14,23-24H,3-6,15-18H2,1-2H3. The molecule has 0 aromatic heterocycles. The fraction of sp³-hybridized carbons (Fsp3) is 0.455. The molecule has 0 amide bonds. The normalized spacial score (nSPS) is 10.7. The Balaban J connectivity index is 1.63. The lowest BCUT2D eigenvalue weighted by molar-refractivity contribution is 0.309. The first-order valence-electron chi connectivity index (χ1n) is 9.71. The molecule has 0 heterocycles. The van der Waals surface area contributed by atoms with Gasteiger partial charge in [0.1, 0.15) is 11.5 Å². The molecule has 2 aromatic carbocycles. The van der Waals surface area contributed by atoms with E-state index in [0.29, 0.717) is 0 Å². The van der Waals surface area contributed by atoms with E-state index in [1.54, 1.807) is 0 Å². The van der Waals surface area contributed by atoms with Gasteiger partial charge in [0.15, 0.2) is 0 Å². The molecule has 4 heteroatoms. The van der Waals surface area contributed by atoms with Crippen molar-refractivity contribution in [3.63, 3.8) is 0 Å². The van der Waals surface area contributed by atoms with E-state index in [0.717, 1.165) is 63.5 Å². The van der Waals surface area contributed by atoms with Gasteiger partial charge in [-0.1, -0.05) is 51.0 Å². The molecule has 0 aliphatic rings. The average molecular weight is 357 g/mol. The summed E-state index contributed by atoms with van der Waals surface area (Å²) in [4.78, 5) is 0. The first-order valence-corrected chi connectivity index (χ1v) is 9.71. The first kappa shape index (κ1) is 20.3. The Hall–Kier alpha value is -2.04. The summed E-state index contributed by atoms with van der Waals surface area (Å²) >= 11 is 0. The molecule has 4 nitrogen and oxygen atoms in total. The molecule has 2 aromatic rings. The van der Waals surface area contributed by atoms with E-state index in [1.165, 1.54) is 11.1 Å². The van der Waals surface area contributed by atoms with Gasteiger partial charge >= 0.3 is 0 Å². The van der Waals surface area contributed by atoms with Crippen LogP contribution < -0.4 is 20.3 Å². The van der Waals surface area contributed by atoms with Crippen LogP contribution in [0.15, 0.2) is 48.5 Å². The molecule has 0 spiro atoms. The number of unbranched alkanes of at least 4 members (excludes halogenated alkanes) is 2. The summed E-state index contributed by atoms with van der Waals surface area (Å²) in [7, 11) is 0. The maximum absolute atomic E-state index is 5.68. The van der Waals surface area contributed by atoms with Crippen molar-refractivity contribution in [2.75, 3.05) is 13.2 Å². The predicted octanol–water partition coefficient (Wildman–Crippen LogP) is 4.84. The average Bonchev–Trinajstić information content (AvgIpc) is 2.68.